The van der Waals surface area contributed by atoms with Gasteiger partial charge in [0.1, 0.15) is 11.4 Å². The van der Waals surface area contributed by atoms with E-state index in [-0.39, 0.29) is 11.4 Å². The minimum atomic E-state index is -4.64. The highest BCUT2D eigenvalue weighted by atomic mass is 19.4. The summed E-state index contributed by atoms with van der Waals surface area (Å²) in [5.74, 6) is 3.76. The molecule has 194 valence electrons. The largest absolute Gasteiger partial charge is 0.573 e. The van der Waals surface area contributed by atoms with Gasteiger partial charge in [0, 0.05) is 26.2 Å². The molecule has 2 bridgehead atoms. The van der Waals surface area contributed by atoms with Gasteiger partial charge in [-0.1, -0.05) is 24.3 Å². The molecule has 0 amide bonds. The Morgan fingerprint density at radius 3 is 2.61 bits per heavy atom. The van der Waals surface area contributed by atoms with E-state index in [1.54, 1.807) is 6.07 Å². The van der Waals surface area contributed by atoms with Gasteiger partial charge in [0.15, 0.2) is 0 Å². The van der Waals surface area contributed by atoms with Crippen LogP contribution in [0.4, 0.5) is 13.2 Å². The van der Waals surface area contributed by atoms with Gasteiger partial charge in [-0.25, -0.2) is 9.78 Å². The lowest BCUT2D eigenvalue weighted by molar-refractivity contribution is -0.274. The summed E-state index contributed by atoms with van der Waals surface area (Å²) >= 11 is 0. The zero-order valence-corrected chi connectivity index (χ0v) is 19.8. The molecule has 2 saturated carbocycles. The predicted octanol–water partition coefficient (Wildman–Crippen LogP) is 4.17. The molecule has 5 atom stereocenters. The number of benzene rings is 1. The third-order valence-corrected chi connectivity index (χ3v) is 7.93. The van der Waals surface area contributed by atoms with Crippen LogP contribution in [-0.4, -0.2) is 58.5 Å². The molecule has 1 aliphatic heterocycles. The number of nitrogens with one attached hydrogen (secondary N) is 2. The predicted molar refractivity (Wildman–Crippen MR) is 126 cm³/mol. The molecular weight excluding hydrogens is 473 g/mol. The number of H-pyrrole nitrogens is 1. The molecular formula is C26H31F3N4O3. The van der Waals surface area contributed by atoms with Crippen LogP contribution >= 0.6 is 0 Å². The van der Waals surface area contributed by atoms with Crippen LogP contribution in [-0.2, 0) is 6.54 Å². The molecule has 2 aromatic rings. The Hall–Kier alpha value is -2.85. The number of carbonyl (C=O) groups is 1. The van der Waals surface area contributed by atoms with E-state index < -0.39 is 12.3 Å². The molecule has 3 N–H and O–H groups in total. The van der Waals surface area contributed by atoms with E-state index in [2.05, 4.69) is 37.1 Å². The number of hydrogen-bond acceptors (Lipinski definition) is 5. The van der Waals surface area contributed by atoms with Crippen LogP contribution in [0.2, 0.25) is 0 Å². The summed E-state index contributed by atoms with van der Waals surface area (Å²) in [5, 5.41) is 11.6. The summed E-state index contributed by atoms with van der Waals surface area (Å²) in [7, 11) is 0. The molecule has 1 aromatic carbocycles. The van der Waals surface area contributed by atoms with E-state index in [9.17, 15) is 18.0 Å². The number of nitrogens with zero attached hydrogens (tertiary/aromatic N) is 2. The van der Waals surface area contributed by atoms with Crippen LogP contribution in [0.15, 0.2) is 48.9 Å². The number of aromatic nitrogens is 2. The van der Waals surface area contributed by atoms with Crippen LogP contribution in [0.5, 0.6) is 5.75 Å². The van der Waals surface area contributed by atoms with Gasteiger partial charge in [0.25, 0.3) is 0 Å². The maximum Gasteiger partial charge on any atom is 0.573 e. The molecule has 3 fully saturated rings. The number of ether oxygens (including phenoxy) is 1. The number of hydrogen-bond donors (Lipinski definition) is 3. The molecule has 3 aliphatic carbocycles. The van der Waals surface area contributed by atoms with Crippen molar-refractivity contribution in [1.29, 1.82) is 0 Å². The molecule has 4 aliphatic rings. The van der Waals surface area contributed by atoms with Crippen molar-refractivity contribution >= 4 is 5.97 Å². The second-order valence-electron chi connectivity index (χ2n) is 10.3. The van der Waals surface area contributed by atoms with Crippen LogP contribution in [0.25, 0.3) is 0 Å². The van der Waals surface area contributed by atoms with Gasteiger partial charge in [-0.2, -0.15) is 0 Å². The lowest BCUT2D eigenvalue weighted by Gasteiger charge is -2.26. The number of rotatable bonds is 8. The Bertz CT molecular complexity index is 1060. The van der Waals surface area contributed by atoms with Gasteiger partial charge in [0.2, 0.25) is 0 Å². The highest BCUT2D eigenvalue weighted by Crippen LogP contribution is 2.52. The van der Waals surface area contributed by atoms with E-state index in [0.29, 0.717) is 6.54 Å². The number of alkyl halides is 3. The summed E-state index contributed by atoms with van der Waals surface area (Å²) in [6.07, 6.45) is 5.55. The number of imidazole rings is 1. The van der Waals surface area contributed by atoms with E-state index in [1.165, 1.54) is 57.1 Å². The van der Waals surface area contributed by atoms with E-state index in [4.69, 9.17) is 5.11 Å². The van der Waals surface area contributed by atoms with Gasteiger partial charge in [-0.15, -0.1) is 13.2 Å². The van der Waals surface area contributed by atoms with E-state index >= 15 is 0 Å². The number of likely N-dealkylation sites (tertiary alicyclic amines) is 1. The second-order valence-corrected chi connectivity index (χ2v) is 10.3. The smallest absolute Gasteiger partial charge is 0.477 e. The third kappa shape index (κ3) is 6.10. The average molecular weight is 505 g/mol. The fourth-order valence-electron chi connectivity index (χ4n) is 6.23. The normalized spacial score (nSPS) is 30.1. The van der Waals surface area contributed by atoms with Crippen molar-refractivity contribution in [1.82, 2.24) is 20.2 Å². The molecule has 10 heteroatoms. The van der Waals surface area contributed by atoms with Crippen LogP contribution in [0.1, 0.15) is 28.9 Å². The zero-order chi connectivity index (χ0) is 25.3. The first-order chi connectivity index (χ1) is 17.2. The molecule has 2 heterocycles. The zero-order valence-electron chi connectivity index (χ0n) is 19.8. The minimum absolute atomic E-state index is 0.116. The van der Waals surface area contributed by atoms with Gasteiger partial charge in [0.05, 0.1) is 12.5 Å². The third-order valence-electron chi connectivity index (χ3n) is 7.93. The Balaban J connectivity index is 0.000000286. The van der Waals surface area contributed by atoms with Crippen molar-refractivity contribution in [3.63, 3.8) is 0 Å². The SMILES string of the molecule is FC(F)(F)Oc1cccc(CNCC2C3CN(CC4CC5C=CC4C5)CC23)c1.O=C(O)c1cnc[nH]1. The number of aromatic amines is 1. The lowest BCUT2D eigenvalue weighted by atomic mass is 9.93. The summed E-state index contributed by atoms with van der Waals surface area (Å²) in [5.41, 5.74) is 0.934. The van der Waals surface area contributed by atoms with Gasteiger partial charge in [-0.05, 0) is 72.6 Å². The van der Waals surface area contributed by atoms with Crippen LogP contribution < -0.4 is 10.1 Å². The molecule has 6 rings (SSSR count). The van der Waals surface area contributed by atoms with Gasteiger partial charge in [-0.3, -0.25) is 0 Å². The van der Waals surface area contributed by atoms with Gasteiger partial charge < -0.3 is 25.0 Å². The standard InChI is InChI=1S/C22H27F3N2O.C4H4N2O2/c23-22(24,25)28-18-3-1-2-15(8-18)9-26-10-19-20-12-27(13-21(19)20)11-17-7-14-4-5-16(17)6-14;7-4(8)3-1-5-2-6-3/h1-5,8,14,16-17,19-21,26H,6-7,9-13H2;1-2H,(H,5,6)(H,7,8). The Kier molecular flexibility index (Phi) is 7.07. The first-order valence-corrected chi connectivity index (χ1v) is 12.4. The minimum Gasteiger partial charge on any atom is -0.477 e. The quantitative estimate of drug-likeness (QED) is 0.468. The highest BCUT2D eigenvalue weighted by molar-refractivity contribution is 5.84. The Morgan fingerprint density at radius 2 is 2.03 bits per heavy atom. The number of carboxylic acid groups (broad SMARTS) is 1. The molecule has 0 spiro atoms. The van der Waals surface area contributed by atoms with Crippen molar-refractivity contribution in [3.05, 3.63) is 60.2 Å². The summed E-state index contributed by atoms with van der Waals surface area (Å²) < 4.78 is 41.0. The molecule has 7 nitrogen and oxygen atoms in total. The fraction of sp³-hybridized carbons (Fsp3) is 0.538. The maximum absolute atomic E-state index is 12.3. The van der Waals surface area contributed by atoms with E-state index in [0.717, 1.165) is 47.6 Å². The monoisotopic (exact) mass is 504 g/mol. The van der Waals surface area contributed by atoms with Crippen molar-refractivity contribution in [2.75, 3.05) is 26.2 Å². The van der Waals surface area contributed by atoms with E-state index in [1.807, 2.05) is 6.07 Å². The van der Waals surface area contributed by atoms with Crippen molar-refractivity contribution in [2.45, 2.75) is 25.7 Å². The molecule has 0 radical (unpaired) electrons. The summed E-state index contributed by atoms with van der Waals surface area (Å²) in [6, 6.07) is 6.23. The highest BCUT2D eigenvalue weighted by Gasteiger charge is 2.55. The molecule has 1 saturated heterocycles. The van der Waals surface area contributed by atoms with Crippen molar-refractivity contribution in [3.8, 4) is 5.75 Å². The van der Waals surface area contributed by atoms with Gasteiger partial charge >= 0.3 is 12.3 Å². The number of fused-ring (bicyclic) bond motifs is 3. The fourth-order valence-corrected chi connectivity index (χ4v) is 6.23. The van der Waals surface area contributed by atoms with Crippen molar-refractivity contribution < 1.29 is 27.8 Å². The van der Waals surface area contributed by atoms with Crippen LogP contribution in [0.3, 0.4) is 0 Å². The van der Waals surface area contributed by atoms with Crippen molar-refractivity contribution in [2.24, 2.45) is 35.5 Å². The first-order valence-electron chi connectivity index (χ1n) is 12.4. The van der Waals surface area contributed by atoms with Crippen LogP contribution in [0, 0.1) is 35.5 Å². The number of halogens is 3. The summed E-state index contributed by atoms with van der Waals surface area (Å²) in [4.78, 5) is 18.6. The first kappa shape index (κ1) is 24.8. The number of aromatic carboxylic acids is 1. The number of allylic oxidation sites excluding steroid dienone is 2. The number of carboxylic acids is 1. The average Bonchev–Trinajstić information content (AvgIpc) is 3.44. The molecule has 1 aromatic heterocycles. The second kappa shape index (κ2) is 10.3. The topological polar surface area (TPSA) is 90.5 Å². The molecule has 5 unspecified atom stereocenters. The molecule has 36 heavy (non-hydrogen) atoms. The number of piperidine rings is 1. The summed E-state index contributed by atoms with van der Waals surface area (Å²) in [6.45, 7) is 5.24. The Labute approximate surface area is 207 Å². The Morgan fingerprint density at radius 1 is 1.22 bits per heavy atom. The lowest BCUT2D eigenvalue weighted by Crippen LogP contribution is -2.33. The maximum atomic E-state index is 12.3.